The zero-order valence-electron chi connectivity index (χ0n) is 15.6. The first-order chi connectivity index (χ1) is 13.8. The van der Waals surface area contributed by atoms with Gasteiger partial charge in [0, 0.05) is 32.1 Å². The number of benzene rings is 1. The number of methoxy groups -OCH3 is 1. The van der Waals surface area contributed by atoms with Crippen LogP contribution in [0.1, 0.15) is 29.8 Å². The first kappa shape index (κ1) is 20.9. The van der Waals surface area contributed by atoms with E-state index in [0.717, 1.165) is 4.57 Å². The highest BCUT2D eigenvalue weighted by Gasteiger charge is 2.31. The third-order valence-corrected chi connectivity index (χ3v) is 4.83. The van der Waals surface area contributed by atoms with E-state index >= 15 is 0 Å². The lowest BCUT2D eigenvalue weighted by Crippen LogP contribution is -2.33. The number of ketones is 2. The smallest absolute Gasteiger partial charge is 0.281 e. The van der Waals surface area contributed by atoms with Gasteiger partial charge in [0.2, 0.25) is 5.78 Å². The van der Waals surface area contributed by atoms with Crippen molar-refractivity contribution in [2.75, 3.05) is 13.7 Å². The van der Waals surface area contributed by atoms with E-state index in [1.165, 1.54) is 25.3 Å². The van der Waals surface area contributed by atoms with Crippen LogP contribution in [0.15, 0.2) is 40.4 Å². The van der Waals surface area contributed by atoms with Gasteiger partial charge < -0.3 is 14.4 Å². The summed E-state index contributed by atoms with van der Waals surface area (Å²) in [4.78, 5) is 42.0. The summed E-state index contributed by atoms with van der Waals surface area (Å²) in [6, 6.07) is 5.43. The van der Waals surface area contributed by atoms with E-state index in [-0.39, 0.29) is 42.6 Å². The Morgan fingerprint density at radius 1 is 1.34 bits per heavy atom. The highest BCUT2D eigenvalue weighted by atomic mass is 35.5. The molecule has 0 atom stereocenters. The van der Waals surface area contributed by atoms with Crippen LogP contribution in [-0.4, -0.2) is 39.9 Å². The van der Waals surface area contributed by atoms with Crippen LogP contribution in [0.25, 0.3) is 11.3 Å². The number of aromatic nitrogens is 2. The number of aliphatic hydroxyl groups excluding tert-OH is 1. The number of aliphatic hydroxyl groups is 1. The Morgan fingerprint density at radius 3 is 2.76 bits per heavy atom. The summed E-state index contributed by atoms with van der Waals surface area (Å²) < 4.78 is 19.9. The molecule has 0 amide bonds. The van der Waals surface area contributed by atoms with Crippen molar-refractivity contribution in [2.45, 2.75) is 25.8 Å². The minimum absolute atomic E-state index is 0.0165. The summed E-state index contributed by atoms with van der Waals surface area (Å²) in [5.74, 6) is -2.42. The fourth-order valence-corrected chi connectivity index (χ4v) is 3.49. The van der Waals surface area contributed by atoms with Crippen LogP contribution in [0.2, 0.25) is 5.15 Å². The molecule has 1 N–H and O–H groups in total. The van der Waals surface area contributed by atoms with Crippen molar-refractivity contribution >= 4 is 23.2 Å². The number of nitrogens with zero attached hydrogens (tertiary/aromatic N) is 2. The number of carbonyl (C=O) groups excluding carboxylic acids is 2. The summed E-state index contributed by atoms with van der Waals surface area (Å²) in [6.45, 7) is 0.131. The van der Waals surface area contributed by atoms with Crippen LogP contribution >= 0.6 is 11.6 Å². The zero-order chi connectivity index (χ0) is 21.1. The molecule has 0 spiro atoms. The van der Waals surface area contributed by atoms with Gasteiger partial charge in [-0.05, 0) is 18.6 Å². The number of hydrogen-bond acceptors (Lipinski definition) is 6. The third kappa shape index (κ3) is 4.13. The van der Waals surface area contributed by atoms with E-state index < -0.39 is 34.2 Å². The van der Waals surface area contributed by atoms with Crippen molar-refractivity contribution in [3.05, 3.63) is 62.6 Å². The standard InChI is InChI=1S/C20H18ClFN2O5/c1-29-9-8-24-17(11-4-2-5-12(22)10-11)19(21)23-16(20(24)28)18(27)15-13(25)6-3-7-14(15)26/h2,4-5,10,25H,3,6-9H2,1H3. The molecule has 0 fully saturated rings. The minimum Gasteiger partial charge on any atom is -0.511 e. The molecule has 9 heteroatoms. The predicted molar refractivity (Wildman–Crippen MR) is 104 cm³/mol. The van der Waals surface area contributed by atoms with Gasteiger partial charge >= 0.3 is 0 Å². The largest absolute Gasteiger partial charge is 0.511 e. The van der Waals surface area contributed by atoms with Gasteiger partial charge in [0.05, 0.1) is 12.3 Å². The molecule has 152 valence electrons. The number of ether oxygens (including phenoxy) is 1. The van der Waals surface area contributed by atoms with Crippen LogP contribution in [0.4, 0.5) is 4.39 Å². The van der Waals surface area contributed by atoms with Gasteiger partial charge in [-0.2, -0.15) is 0 Å². The summed E-state index contributed by atoms with van der Waals surface area (Å²) >= 11 is 6.28. The molecule has 1 aromatic carbocycles. The second kappa shape index (κ2) is 8.67. The van der Waals surface area contributed by atoms with E-state index in [9.17, 15) is 23.9 Å². The quantitative estimate of drug-likeness (QED) is 0.569. The lowest BCUT2D eigenvalue weighted by molar-refractivity contribution is -0.116. The number of rotatable bonds is 6. The monoisotopic (exact) mass is 420 g/mol. The van der Waals surface area contributed by atoms with Crippen LogP contribution in [0, 0.1) is 5.82 Å². The second-order valence-electron chi connectivity index (χ2n) is 6.49. The molecule has 2 aromatic rings. The van der Waals surface area contributed by atoms with Gasteiger partial charge in [-0.25, -0.2) is 9.37 Å². The van der Waals surface area contributed by atoms with Gasteiger partial charge in [-0.3, -0.25) is 14.4 Å². The molecular formula is C20H18ClFN2O5. The molecular weight excluding hydrogens is 403 g/mol. The van der Waals surface area contributed by atoms with Gasteiger partial charge in [-0.15, -0.1) is 0 Å². The van der Waals surface area contributed by atoms with Crippen molar-refractivity contribution < 1.29 is 23.8 Å². The van der Waals surface area contributed by atoms with Crippen molar-refractivity contribution in [3.63, 3.8) is 0 Å². The molecule has 0 unspecified atom stereocenters. The Hall–Kier alpha value is -2.84. The second-order valence-corrected chi connectivity index (χ2v) is 6.85. The van der Waals surface area contributed by atoms with Crippen molar-refractivity contribution in [2.24, 2.45) is 0 Å². The number of allylic oxidation sites excluding steroid dienone is 2. The molecule has 1 heterocycles. The molecule has 0 radical (unpaired) electrons. The number of hydrogen-bond donors (Lipinski definition) is 1. The molecule has 1 aromatic heterocycles. The summed E-state index contributed by atoms with van der Waals surface area (Å²) in [7, 11) is 1.44. The van der Waals surface area contributed by atoms with E-state index in [0.29, 0.717) is 12.0 Å². The Morgan fingerprint density at radius 2 is 2.10 bits per heavy atom. The number of Topliss-reactive ketones (excluding diaryl/α,β-unsaturated/α-hetero) is 2. The topological polar surface area (TPSA) is 98.5 Å². The number of halogens is 2. The molecule has 0 bridgehead atoms. The average molecular weight is 421 g/mol. The van der Waals surface area contributed by atoms with E-state index in [1.807, 2.05) is 0 Å². The first-order valence-corrected chi connectivity index (χ1v) is 9.28. The van der Waals surface area contributed by atoms with Gasteiger partial charge in [0.25, 0.3) is 5.56 Å². The van der Waals surface area contributed by atoms with Gasteiger partial charge in [0.15, 0.2) is 16.6 Å². The molecule has 3 rings (SSSR count). The van der Waals surface area contributed by atoms with Crippen molar-refractivity contribution in [1.29, 1.82) is 0 Å². The molecule has 0 aliphatic heterocycles. The summed E-state index contributed by atoms with van der Waals surface area (Å²) in [5.41, 5.74) is -1.41. The Balaban J connectivity index is 2.21. The Labute approximate surface area is 170 Å². The van der Waals surface area contributed by atoms with E-state index in [1.54, 1.807) is 6.07 Å². The molecule has 0 saturated carbocycles. The minimum atomic E-state index is -0.976. The predicted octanol–water partition coefficient (Wildman–Crippen LogP) is 3.10. The molecule has 1 aliphatic rings. The fourth-order valence-electron chi connectivity index (χ4n) is 3.20. The molecule has 1 aliphatic carbocycles. The van der Waals surface area contributed by atoms with Crippen molar-refractivity contribution in [3.8, 4) is 11.3 Å². The van der Waals surface area contributed by atoms with Crippen molar-refractivity contribution in [1.82, 2.24) is 9.55 Å². The molecule has 7 nitrogen and oxygen atoms in total. The van der Waals surface area contributed by atoms with Gasteiger partial charge in [0.1, 0.15) is 17.1 Å². The van der Waals surface area contributed by atoms with Crippen LogP contribution in [-0.2, 0) is 16.1 Å². The molecule has 0 saturated heterocycles. The zero-order valence-corrected chi connectivity index (χ0v) is 16.3. The fraction of sp³-hybridized carbons (Fsp3) is 0.300. The summed E-state index contributed by atoms with van der Waals surface area (Å²) in [6.07, 6.45) is 0.685. The lowest BCUT2D eigenvalue weighted by atomic mass is 9.92. The van der Waals surface area contributed by atoms with E-state index in [4.69, 9.17) is 16.3 Å². The lowest BCUT2D eigenvalue weighted by Gasteiger charge is -2.17. The summed E-state index contributed by atoms with van der Waals surface area (Å²) in [5, 5.41) is 9.80. The molecule has 29 heavy (non-hydrogen) atoms. The highest BCUT2D eigenvalue weighted by Crippen LogP contribution is 2.28. The van der Waals surface area contributed by atoms with Gasteiger partial charge in [-0.1, -0.05) is 23.7 Å². The van der Waals surface area contributed by atoms with Crippen LogP contribution < -0.4 is 5.56 Å². The maximum Gasteiger partial charge on any atom is 0.281 e. The highest BCUT2D eigenvalue weighted by molar-refractivity contribution is 6.32. The van der Waals surface area contributed by atoms with E-state index in [2.05, 4.69) is 4.98 Å². The van der Waals surface area contributed by atoms with Crippen LogP contribution in [0.5, 0.6) is 0 Å². The Kier molecular flexibility index (Phi) is 6.24. The first-order valence-electron chi connectivity index (χ1n) is 8.90. The average Bonchev–Trinajstić information content (AvgIpc) is 2.67. The number of carbonyl (C=O) groups is 2. The SMILES string of the molecule is COCCn1c(-c2cccc(F)c2)c(Cl)nc(C(=O)C2=C(O)CCCC2=O)c1=O. The van der Waals surface area contributed by atoms with Crippen LogP contribution in [0.3, 0.4) is 0 Å². The normalized spacial score (nSPS) is 14.4. The Bertz CT molecular complexity index is 1080. The maximum absolute atomic E-state index is 13.7. The maximum atomic E-state index is 13.7. The third-order valence-electron chi connectivity index (χ3n) is 4.57.